The maximum Gasteiger partial charge on any atom is 0.312 e. The first kappa shape index (κ1) is 62.7. The highest BCUT2D eigenvalue weighted by Gasteiger charge is 2.32. The summed E-state index contributed by atoms with van der Waals surface area (Å²) in [5.74, 6) is -0.447. The molecular formula is C51H87N9O9S2. The lowest BCUT2D eigenvalue weighted by molar-refractivity contribution is -0.133. The first-order chi connectivity index (χ1) is 33.3. The number of nitrogens with one attached hydrogen (secondary N) is 4. The molecule has 71 heavy (non-hydrogen) atoms. The number of hydrogen-bond donors (Lipinski definition) is 5. The molecular weight excluding hydrogens is 947 g/mol. The maximum absolute atomic E-state index is 14.1. The van der Waals surface area contributed by atoms with Crippen LogP contribution in [0.5, 0.6) is 0 Å². The first-order valence-electron chi connectivity index (χ1n) is 24.7. The predicted molar refractivity (Wildman–Crippen MR) is 286 cm³/mol. The van der Waals surface area contributed by atoms with Crippen LogP contribution in [-0.2, 0) is 57.9 Å². The molecule has 1 unspecified atom stereocenters. The zero-order valence-corrected chi connectivity index (χ0v) is 46.4. The van der Waals surface area contributed by atoms with Gasteiger partial charge < -0.3 is 50.8 Å². The van der Waals surface area contributed by atoms with Crippen LogP contribution in [0.3, 0.4) is 0 Å². The molecule has 0 saturated carbocycles. The van der Waals surface area contributed by atoms with Crippen molar-refractivity contribution in [2.24, 2.45) is 34.1 Å². The number of primary amides is 1. The molecule has 0 radical (unpaired) electrons. The second-order valence-electron chi connectivity index (χ2n) is 21.1. The Kier molecular flexibility index (Phi) is 28.9. The fourth-order valence-electron chi connectivity index (χ4n) is 6.18. The number of carbonyl (C=O) groups excluding carboxylic acids is 4. The van der Waals surface area contributed by atoms with E-state index in [9.17, 15) is 19.2 Å². The van der Waals surface area contributed by atoms with Gasteiger partial charge in [0, 0.05) is 52.2 Å². The second kappa shape index (κ2) is 32.7. The summed E-state index contributed by atoms with van der Waals surface area (Å²) in [6, 6.07) is 5.59. The van der Waals surface area contributed by atoms with Crippen molar-refractivity contribution >= 4 is 58.6 Å². The Balaban J connectivity index is 1.92. The van der Waals surface area contributed by atoms with E-state index in [2.05, 4.69) is 106 Å². The molecule has 0 aliphatic carbocycles. The highest BCUT2D eigenvalue weighted by molar-refractivity contribution is 8.02. The van der Waals surface area contributed by atoms with Gasteiger partial charge in [0.25, 0.3) is 5.91 Å². The summed E-state index contributed by atoms with van der Waals surface area (Å²) in [4.78, 5) is 58.2. The number of nitrogens with zero attached hydrogens (tertiary/aromatic N) is 4. The first-order valence-corrected chi connectivity index (χ1v) is 26.7. The summed E-state index contributed by atoms with van der Waals surface area (Å²) in [5, 5.41) is 24.2. The van der Waals surface area contributed by atoms with Crippen molar-refractivity contribution in [2.75, 3.05) is 69.6 Å². The van der Waals surface area contributed by atoms with Crippen molar-refractivity contribution in [2.45, 2.75) is 144 Å². The van der Waals surface area contributed by atoms with Crippen molar-refractivity contribution in [1.82, 2.24) is 30.9 Å². The van der Waals surface area contributed by atoms with Gasteiger partial charge >= 0.3 is 6.03 Å². The van der Waals surface area contributed by atoms with Crippen molar-refractivity contribution < 1.29 is 43.0 Å². The fourth-order valence-corrected chi connectivity index (χ4v) is 7.82. The zero-order chi connectivity index (χ0) is 53.0. The molecule has 0 bridgehead atoms. The molecule has 6 N–H and O–H groups in total. The number of ketones is 1. The summed E-state index contributed by atoms with van der Waals surface area (Å²) in [7, 11) is 0. The standard InChI is InChI=1S/C51H87N9O9S2/c1-36(2)37(3)46(56-45(62)33-69-58-43(34-70-50(8,9)10)35-71-51(11,12)13)44(61)29-40(15-14-21-53-48(52)64)47(63)55-41-18-16-39(17-19-41)32-68-38(4)54-30-42-31-60(59-57-42)22-24-66-26-28-67-27-25-65-23-20-49(5,6)7/h16-19,31,36-37,40,46,54H,4,14-15,20-30,32-35H2,1-3,5-13H3,(H,55,63)(H,56,62)(H3,52,53,64)/t37?,40-,46+/m1/s1. The van der Waals surface area contributed by atoms with Crippen molar-refractivity contribution in [3.05, 3.63) is 54.2 Å². The van der Waals surface area contributed by atoms with Gasteiger partial charge in [-0.2, -0.15) is 0 Å². The smallest absolute Gasteiger partial charge is 0.312 e. The Labute approximate surface area is 432 Å². The Morgan fingerprint density at radius 2 is 1.45 bits per heavy atom. The van der Waals surface area contributed by atoms with E-state index in [0.717, 1.165) is 24.3 Å². The number of benzene rings is 1. The van der Waals surface area contributed by atoms with Crippen LogP contribution in [0.15, 0.2) is 48.1 Å². The number of anilines is 1. The average molecular weight is 1030 g/mol. The molecule has 0 aliphatic heterocycles. The van der Waals surface area contributed by atoms with E-state index >= 15 is 0 Å². The molecule has 2 aromatic rings. The third kappa shape index (κ3) is 31.0. The van der Waals surface area contributed by atoms with E-state index in [1.165, 1.54) is 0 Å². The van der Waals surface area contributed by atoms with Crippen LogP contribution >= 0.6 is 23.5 Å². The van der Waals surface area contributed by atoms with Gasteiger partial charge in [-0.1, -0.05) is 106 Å². The Morgan fingerprint density at radius 3 is 2.03 bits per heavy atom. The molecule has 2 rings (SSSR count). The van der Waals surface area contributed by atoms with Gasteiger partial charge in [-0.15, -0.1) is 28.6 Å². The predicted octanol–water partition coefficient (Wildman–Crippen LogP) is 7.72. The van der Waals surface area contributed by atoms with Gasteiger partial charge in [0.2, 0.25) is 5.91 Å². The van der Waals surface area contributed by atoms with E-state index in [-0.39, 0.29) is 71.0 Å². The summed E-state index contributed by atoms with van der Waals surface area (Å²) in [6.45, 7) is 33.5. The van der Waals surface area contributed by atoms with Crippen LogP contribution in [0.25, 0.3) is 0 Å². The molecule has 20 heteroatoms. The topological polar surface area (TPSA) is 232 Å². The number of hydrogen-bond acceptors (Lipinski definition) is 15. The van der Waals surface area contributed by atoms with E-state index in [0.29, 0.717) is 81.3 Å². The van der Waals surface area contributed by atoms with Gasteiger partial charge in [0.15, 0.2) is 18.3 Å². The lowest BCUT2D eigenvalue weighted by Gasteiger charge is -2.28. The molecule has 0 aliphatic rings. The molecule has 3 atom stereocenters. The van der Waals surface area contributed by atoms with Crippen LogP contribution in [-0.4, -0.2) is 124 Å². The number of aromatic nitrogens is 3. The maximum atomic E-state index is 14.1. The van der Waals surface area contributed by atoms with Gasteiger partial charge in [-0.25, -0.2) is 9.48 Å². The van der Waals surface area contributed by atoms with E-state index in [4.69, 9.17) is 29.5 Å². The number of nitrogens with two attached hydrogens (primary N) is 1. The van der Waals surface area contributed by atoms with Crippen molar-refractivity contribution in [1.29, 1.82) is 0 Å². The number of carbonyl (C=O) groups is 4. The van der Waals surface area contributed by atoms with E-state index in [1.54, 1.807) is 40.3 Å². The average Bonchev–Trinajstić information content (AvgIpc) is 3.74. The minimum atomic E-state index is -0.875. The monoisotopic (exact) mass is 1030 g/mol. The van der Waals surface area contributed by atoms with Crippen molar-refractivity contribution in [3.63, 3.8) is 0 Å². The molecule has 402 valence electrons. The molecule has 1 aromatic heterocycles. The molecule has 1 aromatic carbocycles. The zero-order valence-electron chi connectivity index (χ0n) is 44.8. The number of oxime groups is 1. The largest absolute Gasteiger partial charge is 0.475 e. The minimum Gasteiger partial charge on any atom is -0.475 e. The van der Waals surface area contributed by atoms with Gasteiger partial charge in [0.05, 0.1) is 64.1 Å². The molecule has 18 nitrogen and oxygen atoms in total. The summed E-state index contributed by atoms with van der Waals surface area (Å²) in [5.41, 5.74) is 8.43. The van der Waals surface area contributed by atoms with Crippen LogP contribution in [0, 0.1) is 23.2 Å². The van der Waals surface area contributed by atoms with Crippen LogP contribution < -0.4 is 27.0 Å². The molecule has 1 heterocycles. The summed E-state index contributed by atoms with van der Waals surface area (Å²) < 4.78 is 24.4. The normalized spacial score (nSPS) is 13.2. The van der Waals surface area contributed by atoms with Crippen molar-refractivity contribution in [3.8, 4) is 0 Å². The molecule has 0 fully saturated rings. The lowest BCUT2D eigenvalue weighted by atomic mass is 9.84. The Bertz CT molecular complexity index is 1910. The summed E-state index contributed by atoms with van der Waals surface area (Å²) in [6.07, 6.45) is 3.38. The quantitative estimate of drug-likeness (QED) is 0.0191. The Hall–Kier alpha value is -4.37. The number of Topliss-reactive ketones (excluding diaryl/α,β-unsaturated/α-hetero) is 1. The lowest BCUT2D eigenvalue weighted by Crippen LogP contribution is -2.48. The highest BCUT2D eigenvalue weighted by Crippen LogP contribution is 2.28. The van der Waals surface area contributed by atoms with Gasteiger partial charge in [0.1, 0.15) is 12.3 Å². The van der Waals surface area contributed by atoms with Gasteiger partial charge in [-0.05, 0) is 60.8 Å². The number of amides is 4. The SMILES string of the molecule is C=C(NCc1cn(CCOCCOCCOCCC(C)(C)C)nn1)OCc1ccc(NC(=O)[C@H](CCCNC(N)=O)CC(=O)[C@@H](NC(=O)CON=C(CSC(C)(C)C)CSC(C)(C)C)C(C)C(C)C)cc1. The van der Waals surface area contributed by atoms with Crippen LogP contribution in [0.2, 0.25) is 0 Å². The number of urea groups is 1. The second-order valence-corrected chi connectivity index (χ2v) is 24.7. The molecule has 0 saturated heterocycles. The molecule has 0 spiro atoms. The molecule has 4 amide bonds. The van der Waals surface area contributed by atoms with Gasteiger partial charge in [-0.3, -0.25) is 14.4 Å². The highest BCUT2D eigenvalue weighted by atomic mass is 32.2. The van der Waals surface area contributed by atoms with E-state index < -0.39 is 23.9 Å². The van der Waals surface area contributed by atoms with Crippen LogP contribution in [0.1, 0.15) is 120 Å². The summed E-state index contributed by atoms with van der Waals surface area (Å²) >= 11 is 3.50. The number of ether oxygens (including phenoxy) is 4. The Morgan fingerprint density at radius 1 is 0.845 bits per heavy atom. The third-order valence-electron chi connectivity index (χ3n) is 10.7. The fraction of sp³-hybridized carbons (Fsp3) is 0.706. The number of rotatable bonds is 36. The third-order valence-corrected chi connectivity index (χ3v) is 13.4. The number of thioether (sulfide) groups is 2. The minimum absolute atomic E-state index is 0.0257. The van der Waals surface area contributed by atoms with Crippen LogP contribution in [0.4, 0.5) is 10.5 Å². The van der Waals surface area contributed by atoms with E-state index in [1.807, 2.05) is 39.1 Å².